The quantitative estimate of drug-likeness (QED) is 0.301. The fourth-order valence-electron chi connectivity index (χ4n) is 4.35. The molecule has 1 aliphatic heterocycles. The number of aromatic nitrogens is 4. The van der Waals surface area contributed by atoms with Crippen molar-refractivity contribution in [1.82, 2.24) is 29.7 Å². The van der Waals surface area contributed by atoms with Crippen molar-refractivity contribution in [2.75, 3.05) is 20.1 Å². The van der Waals surface area contributed by atoms with E-state index in [-0.39, 0.29) is 6.04 Å². The average Bonchev–Trinajstić information content (AvgIpc) is 2.82. The van der Waals surface area contributed by atoms with Crippen molar-refractivity contribution in [3.8, 4) is 0 Å². The highest BCUT2D eigenvalue weighted by Crippen LogP contribution is 2.28. The first kappa shape index (κ1) is 22.8. The molecule has 4 heterocycles. The van der Waals surface area contributed by atoms with E-state index < -0.39 is 11.2 Å². The molecule has 0 atom stereocenters. The summed E-state index contributed by atoms with van der Waals surface area (Å²) < 4.78 is 1.67. The number of pyridine rings is 2. The van der Waals surface area contributed by atoms with E-state index in [9.17, 15) is 9.59 Å². The minimum absolute atomic E-state index is 0.103. The number of fused-ring (bicyclic) bond motifs is 3. The van der Waals surface area contributed by atoms with Gasteiger partial charge in [-0.15, -0.1) is 0 Å². The second-order valence-corrected chi connectivity index (χ2v) is 8.88. The van der Waals surface area contributed by atoms with Crippen molar-refractivity contribution < 1.29 is 0 Å². The summed E-state index contributed by atoms with van der Waals surface area (Å²) >= 11 is 5.57. The van der Waals surface area contributed by atoms with Gasteiger partial charge >= 0.3 is 5.69 Å². The summed E-state index contributed by atoms with van der Waals surface area (Å²) in [7, 11) is 1.75. The molecule has 9 nitrogen and oxygen atoms in total. The first-order valence-electron chi connectivity index (χ1n) is 11.0. The molecule has 1 aliphatic rings. The predicted molar refractivity (Wildman–Crippen MR) is 135 cm³/mol. The lowest BCUT2D eigenvalue weighted by atomic mass is 10.0. The Hall–Kier alpha value is -3.40. The van der Waals surface area contributed by atoms with Gasteiger partial charge in [-0.05, 0) is 25.0 Å². The third-order valence-electron chi connectivity index (χ3n) is 6.00. The summed E-state index contributed by atoms with van der Waals surface area (Å²) in [4.78, 5) is 40.4. The molecule has 0 bridgehead atoms. The molecule has 1 saturated heterocycles. The normalized spacial score (nSPS) is 15.4. The van der Waals surface area contributed by atoms with Crippen LogP contribution in [0.5, 0.6) is 0 Å². The van der Waals surface area contributed by atoms with Crippen LogP contribution >= 0.6 is 12.2 Å². The van der Waals surface area contributed by atoms with Gasteiger partial charge in [-0.3, -0.25) is 19.3 Å². The van der Waals surface area contributed by atoms with Crippen molar-refractivity contribution in [2.45, 2.75) is 32.7 Å². The van der Waals surface area contributed by atoms with E-state index in [1.165, 1.54) is 12.4 Å². The Bertz CT molecular complexity index is 1380. The Morgan fingerprint density at radius 3 is 2.67 bits per heavy atom. The molecule has 0 saturated carbocycles. The summed E-state index contributed by atoms with van der Waals surface area (Å²) in [5.41, 5.74) is 1.73. The van der Waals surface area contributed by atoms with E-state index in [1.54, 1.807) is 29.9 Å². The molecule has 1 fully saturated rings. The van der Waals surface area contributed by atoms with Crippen LogP contribution in [0.3, 0.4) is 0 Å². The molecule has 10 heteroatoms. The molecule has 4 rings (SSSR count). The molecule has 0 aliphatic carbocycles. The van der Waals surface area contributed by atoms with E-state index in [1.807, 2.05) is 0 Å². The number of nitrogens with zero attached hydrogens (tertiary/aromatic N) is 4. The topological polar surface area (TPSA) is 120 Å². The smallest absolute Gasteiger partial charge is 0.329 e. The summed E-state index contributed by atoms with van der Waals surface area (Å²) in [6, 6.07) is 3.47. The van der Waals surface area contributed by atoms with Gasteiger partial charge in [0.15, 0.2) is 0 Å². The highest BCUT2D eigenvalue weighted by Gasteiger charge is 2.26. The van der Waals surface area contributed by atoms with Gasteiger partial charge in [0.1, 0.15) is 5.52 Å². The van der Waals surface area contributed by atoms with Crippen molar-refractivity contribution >= 4 is 50.9 Å². The van der Waals surface area contributed by atoms with Crippen molar-refractivity contribution in [2.24, 2.45) is 5.92 Å². The summed E-state index contributed by atoms with van der Waals surface area (Å²) in [5.74, 6) is 0.291. The van der Waals surface area contributed by atoms with Gasteiger partial charge in [-0.25, -0.2) is 9.78 Å². The van der Waals surface area contributed by atoms with Gasteiger partial charge in [0, 0.05) is 56.3 Å². The largest absolute Gasteiger partial charge is 0.393 e. The van der Waals surface area contributed by atoms with Crippen LogP contribution in [0.15, 0.2) is 34.1 Å². The standard InChI is InChI=1S/C23H27N7O2S/c1-13(2)22(33)29-8-6-15(7-9-29)30-20-16(21(31)28-23(30)32)12-26-18-5-4-17(27-19(18)20)14(10-24)11-25-3/h4-5,10-13,15,24-25H,6-9H2,1-3H3,(H,28,31,32)/b14-11+,24-10?. The molecule has 0 unspecified atom stereocenters. The highest BCUT2D eigenvalue weighted by molar-refractivity contribution is 7.80. The van der Waals surface area contributed by atoms with Crippen LogP contribution in [-0.2, 0) is 0 Å². The molecular formula is C23H27N7O2S. The number of H-pyrrole nitrogens is 1. The van der Waals surface area contributed by atoms with Gasteiger partial charge in [0.2, 0.25) is 0 Å². The second-order valence-electron chi connectivity index (χ2n) is 8.46. The Morgan fingerprint density at radius 1 is 1.30 bits per heavy atom. The van der Waals surface area contributed by atoms with E-state index in [0.717, 1.165) is 30.9 Å². The van der Waals surface area contributed by atoms with Crippen LogP contribution in [0, 0.1) is 11.3 Å². The second kappa shape index (κ2) is 9.22. The third-order valence-corrected chi connectivity index (χ3v) is 6.73. The first-order chi connectivity index (χ1) is 15.8. The molecule has 0 spiro atoms. The maximum absolute atomic E-state index is 13.1. The van der Waals surface area contributed by atoms with Gasteiger partial charge in [0.25, 0.3) is 5.56 Å². The third kappa shape index (κ3) is 4.18. The Morgan fingerprint density at radius 2 is 2.03 bits per heavy atom. The number of hydrogen-bond donors (Lipinski definition) is 3. The van der Waals surface area contributed by atoms with E-state index in [2.05, 4.69) is 34.0 Å². The Labute approximate surface area is 196 Å². The fraction of sp³-hybridized carbons (Fsp3) is 0.391. The van der Waals surface area contributed by atoms with E-state index in [0.29, 0.717) is 39.1 Å². The summed E-state index contributed by atoms with van der Waals surface area (Å²) in [6.45, 7) is 5.67. The summed E-state index contributed by atoms with van der Waals surface area (Å²) in [6.07, 6.45) is 5.83. The molecule has 0 amide bonds. The zero-order chi connectivity index (χ0) is 23.7. The Balaban J connectivity index is 1.89. The molecule has 0 aromatic carbocycles. The number of aromatic amines is 1. The van der Waals surface area contributed by atoms with Crippen molar-refractivity contribution in [3.63, 3.8) is 0 Å². The molecular weight excluding hydrogens is 438 g/mol. The first-order valence-corrected chi connectivity index (χ1v) is 11.4. The van der Waals surface area contributed by atoms with Crippen molar-refractivity contribution in [3.05, 3.63) is 51.1 Å². The lowest BCUT2D eigenvalue weighted by Gasteiger charge is -2.36. The van der Waals surface area contributed by atoms with Crippen LogP contribution in [0.2, 0.25) is 0 Å². The molecule has 172 valence electrons. The van der Waals surface area contributed by atoms with Gasteiger partial charge in [-0.1, -0.05) is 26.1 Å². The zero-order valence-electron chi connectivity index (χ0n) is 18.9. The van der Waals surface area contributed by atoms with Crippen LogP contribution in [0.1, 0.15) is 38.4 Å². The number of nitrogens with one attached hydrogen (secondary N) is 3. The van der Waals surface area contributed by atoms with Gasteiger partial charge in [0.05, 0.1) is 27.1 Å². The van der Waals surface area contributed by atoms with E-state index in [4.69, 9.17) is 22.6 Å². The van der Waals surface area contributed by atoms with Gasteiger partial charge < -0.3 is 15.6 Å². The lowest BCUT2D eigenvalue weighted by molar-refractivity contribution is 0.262. The number of thiocarbonyl (C=S) groups is 1. The number of allylic oxidation sites excluding steroid dienone is 1. The Kier molecular flexibility index (Phi) is 6.37. The van der Waals surface area contributed by atoms with Crippen LogP contribution in [-0.4, -0.2) is 55.8 Å². The zero-order valence-corrected chi connectivity index (χ0v) is 19.7. The van der Waals surface area contributed by atoms with Crippen LogP contribution in [0.4, 0.5) is 0 Å². The van der Waals surface area contributed by atoms with Crippen LogP contribution in [0.25, 0.3) is 27.5 Å². The minimum Gasteiger partial charge on any atom is -0.393 e. The SMILES string of the molecule is CN/C=C(\C=N)c1ccc2ncc3c(=O)[nH]c(=O)n(C4CCN(C(=S)C(C)C)CC4)c3c2n1. The molecule has 0 radical (unpaired) electrons. The molecule has 3 N–H and O–H groups in total. The summed E-state index contributed by atoms with van der Waals surface area (Å²) in [5, 5.41) is 10.9. The van der Waals surface area contributed by atoms with Crippen molar-refractivity contribution in [1.29, 1.82) is 5.41 Å². The monoisotopic (exact) mass is 465 g/mol. The molecule has 33 heavy (non-hydrogen) atoms. The highest BCUT2D eigenvalue weighted by atomic mass is 32.1. The lowest BCUT2D eigenvalue weighted by Crippen LogP contribution is -2.43. The van der Waals surface area contributed by atoms with E-state index >= 15 is 0 Å². The number of rotatable bonds is 5. The number of piperidine rings is 1. The number of likely N-dealkylation sites (tertiary alicyclic amines) is 1. The van der Waals surface area contributed by atoms with Gasteiger partial charge in [-0.2, -0.15) is 0 Å². The maximum atomic E-state index is 13.1. The molecule has 3 aromatic rings. The van der Waals surface area contributed by atoms with Crippen LogP contribution < -0.4 is 16.6 Å². The fourth-order valence-corrected chi connectivity index (χ4v) is 4.54. The maximum Gasteiger partial charge on any atom is 0.329 e. The average molecular weight is 466 g/mol. The predicted octanol–water partition coefficient (Wildman–Crippen LogP) is 2.46. The molecule has 3 aromatic heterocycles. The number of hydrogen-bond acceptors (Lipinski definition) is 7. The minimum atomic E-state index is -0.482.